The first-order chi connectivity index (χ1) is 17.0. The fraction of sp³-hybridized carbons (Fsp3) is 0.360. The Morgan fingerprint density at radius 3 is 2.54 bits per heavy atom. The van der Waals surface area contributed by atoms with Gasteiger partial charge in [-0.15, -0.1) is 11.3 Å². The van der Waals surface area contributed by atoms with Gasteiger partial charge in [0.1, 0.15) is 21.9 Å². The smallest absolute Gasteiger partial charge is 0.352 e. The Morgan fingerprint density at radius 2 is 1.91 bits per heavy atom. The molecule has 0 atom stereocenters. The number of rotatable bonds is 10. The molecule has 10 heteroatoms. The molecule has 0 spiro atoms. The lowest BCUT2D eigenvalue weighted by Crippen LogP contribution is -2.32. The van der Waals surface area contributed by atoms with E-state index in [1.165, 1.54) is 29.7 Å². The van der Waals surface area contributed by atoms with Crippen molar-refractivity contribution >= 4 is 46.4 Å². The third-order valence-electron chi connectivity index (χ3n) is 5.48. The molecule has 1 fully saturated rings. The predicted molar refractivity (Wildman–Crippen MR) is 137 cm³/mol. The Bertz CT molecular complexity index is 1280. The van der Waals surface area contributed by atoms with Crippen LogP contribution in [0.15, 0.2) is 41.7 Å². The molecule has 0 saturated carbocycles. The van der Waals surface area contributed by atoms with Crippen molar-refractivity contribution in [3.8, 4) is 6.07 Å². The molecule has 184 valence electrons. The lowest BCUT2D eigenvalue weighted by molar-refractivity contribution is -0.135. The topological polar surface area (TPSA) is 116 Å². The fourth-order valence-corrected chi connectivity index (χ4v) is 4.75. The molecule has 0 unspecified atom stereocenters. The van der Waals surface area contributed by atoms with E-state index >= 15 is 0 Å². The minimum Gasteiger partial charge on any atom is -0.457 e. The quantitative estimate of drug-likeness (QED) is 0.380. The molecule has 9 nitrogen and oxygen atoms in total. The van der Waals surface area contributed by atoms with Crippen molar-refractivity contribution in [2.24, 2.45) is 0 Å². The van der Waals surface area contributed by atoms with E-state index in [-0.39, 0.29) is 28.3 Å². The van der Waals surface area contributed by atoms with Crippen molar-refractivity contribution in [1.82, 2.24) is 9.47 Å². The van der Waals surface area contributed by atoms with Gasteiger partial charge in [-0.1, -0.05) is 12.7 Å². The summed E-state index contributed by atoms with van der Waals surface area (Å²) in [6.07, 6.45) is 5.80. The molecule has 3 rings (SSSR count). The molecule has 2 N–H and O–H groups in total. The molecule has 0 radical (unpaired) electrons. The number of nitrogens with one attached hydrogen (secondary N) is 2. The van der Waals surface area contributed by atoms with Gasteiger partial charge in [-0.2, -0.15) is 5.26 Å². The highest BCUT2D eigenvalue weighted by molar-refractivity contribution is 7.07. The Kier molecular flexibility index (Phi) is 9.40. The lowest BCUT2D eigenvalue weighted by Gasteiger charge is -2.14. The molecule has 0 bridgehead atoms. The van der Waals surface area contributed by atoms with Crippen LogP contribution < -0.4 is 25.4 Å². The second-order valence-electron chi connectivity index (χ2n) is 7.91. The summed E-state index contributed by atoms with van der Waals surface area (Å²) in [6.45, 7) is 8.41. The van der Waals surface area contributed by atoms with Crippen LogP contribution in [0.25, 0.3) is 11.8 Å². The molecule has 1 saturated heterocycles. The minimum atomic E-state index is -0.798. The molecule has 1 aromatic heterocycles. The van der Waals surface area contributed by atoms with Gasteiger partial charge in [-0.3, -0.25) is 14.2 Å². The van der Waals surface area contributed by atoms with E-state index in [1.807, 2.05) is 6.07 Å². The van der Waals surface area contributed by atoms with Gasteiger partial charge in [0.25, 0.3) is 5.56 Å². The summed E-state index contributed by atoms with van der Waals surface area (Å²) in [4.78, 5) is 39.5. The van der Waals surface area contributed by atoms with E-state index < -0.39 is 5.97 Å². The van der Waals surface area contributed by atoms with Gasteiger partial charge >= 0.3 is 5.97 Å². The van der Waals surface area contributed by atoms with E-state index in [9.17, 15) is 19.6 Å². The molecule has 2 aromatic rings. The molecule has 1 aliphatic heterocycles. The number of thiazole rings is 1. The van der Waals surface area contributed by atoms with Crippen LogP contribution in [-0.2, 0) is 20.9 Å². The number of benzene rings is 1. The lowest BCUT2D eigenvalue weighted by atomic mass is 10.2. The number of esters is 1. The number of carbonyl (C=O) groups excluding carboxylic acids is 2. The molecule has 0 aliphatic carbocycles. The number of ether oxygens (including phenoxy) is 1. The monoisotopic (exact) mass is 495 g/mol. The van der Waals surface area contributed by atoms with Gasteiger partial charge in [0.15, 0.2) is 5.57 Å². The maximum atomic E-state index is 12.8. The highest BCUT2D eigenvalue weighted by Crippen LogP contribution is 2.14. The normalized spacial score (nSPS) is 14.8. The SMILES string of the molecule is C=CCOC(=O)/C(C#N)=c1\s/c(=C/Nc2ccc(NC(=O)CCN3CCCC3)cc2)c(=O)n1CC. The average Bonchev–Trinajstić information content (AvgIpc) is 3.49. The fourth-order valence-electron chi connectivity index (χ4n) is 3.67. The summed E-state index contributed by atoms with van der Waals surface area (Å²) in [5.41, 5.74) is 0.874. The van der Waals surface area contributed by atoms with Gasteiger partial charge < -0.3 is 20.3 Å². The van der Waals surface area contributed by atoms with Crippen LogP contribution in [0.4, 0.5) is 11.4 Å². The van der Waals surface area contributed by atoms with E-state index in [2.05, 4.69) is 22.1 Å². The van der Waals surface area contributed by atoms with Crippen LogP contribution in [0.3, 0.4) is 0 Å². The zero-order chi connectivity index (χ0) is 25.2. The zero-order valence-electron chi connectivity index (χ0n) is 19.7. The highest BCUT2D eigenvalue weighted by atomic mass is 32.1. The van der Waals surface area contributed by atoms with Gasteiger partial charge in [0.2, 0.25) is 5.91 Å². The Balaban J connectivity index is 1.71. The average molecular weight is 496 g/mol. The number of carbonyl (C=O) groups is 2. The molecule has 2 heterocycles. The Labute approximate surface area is 207 Å². The molecule has 1 amide bonds. The highest BCUT2D eigenvalue weighted by Gasteiger charge is 2.16. The van der Waals surface area contributed by atoms with Crippen LogP contribution >= 0.6 is 11.3 Å². The summed E-state index contributed by atoms with van der Waals surface area (Å²) >= 11 is 1.04. The minimum absolute atomic E-state index is 0.0217. The third kappa shape index (κ3) is 6.91. The summed E-state index contributed by atoms with van der Waals surface area (Å²) in [6, 6.07) is 9.00. The molecule has 35 heavy (non-hydrogen) atoms. The number of hydrogen-bond acceptors (Lipinski definition) is 8. The van der Waals surface area contributed by atoms with E-state index in [4.69, 9.17) is 4.74 Å². The van der Waals surface area contributed by atoms with Crippen LogP contribution in [0.1, 0.15) is 26.2 Å². The van der Waals surface area contributed by atoms with Crippen LogP contribution in [0, 0.1) is 11.3 Å². The van der Waals surface area contributed by atoms with Crippen molar-refractivity contribution < 1.29 is 14.3 Å². The van der Waals surface area contributed by atoms with Crippen LogP contribution in [0.5, 0.6) is 0 Å². The largest absolute Gasteiger partial charge is 0.457 e. The second-order valence-corrected chi connectivity index (χ2v) is 8.94. The van der Waals surface area contributed by atoms with Gasteiger partial charge in [0, 0.05) is 37.1 Å². The molecular formula is C25H29N5O4S. The van der Waals surface area contributed by atoms with E-state index in [0.29, 0.717) is 28.9 Å². The van der Waals surface area contributed by atoms with Gasteiger partial charge in [-0.25, -0.2) is 4.79 Å². The Hall–Kier alpha value is -3.68. The standard InChI is InChI=1S/C25H29N5O4S/c1-3-15-34-25(33)20(16-26)24-30(4-2)23(32)21(35-24)17-27-18-7-9-19(10-8-18)28-22(31)11-14-29-12-5-6-13-29/h3,7-10,17,27H,1,4-6,11-15H2,2H3,(H,28,31)/b21-17+,24-20-. The van der Waals surface area contributed by atoms with E-state index in [1.54, 1.807) is 31.2 Å². The van der Waals surface area contributed by atoms with Crippen molar-refractivity contribution in [3.63, 3.8) is 0 Å². The third-order valence-corrected chi connectivity index (χ3v) is 6.61. The number of anilines is 2. The summed E-state index contributed by atoms with van der Waals surface area (Å²) in [5.74, 6) is -0.819. The number of hydrogen-bond donors (Lipinski definition) is 2. The van der Waals surface area contributed by atoms with Gasteiger partial charge in [-0.05, 0) is 57.1 Å². The van der Waals surface area contributed by atoms with Gasteiger partial charge in [0.05, 0.1) is 0 Å². The van der Waals surface area contributed by atoms with Crippen LogP contribution in [-0.4, -0.2) is 47.6 Å². The molecule has 1 aromatic carbocycles. The first-order valence-electron chi connectivity index (χ1n) is 11.5. The maximum Gasteiger partial charge on any atom is 0.352 e. The maximum absolute atomic E-state index is 12.8. The van der Waals surface area contributed by atoms with Crippen molar-refractivity contribution in [1.29, 1.82) is 5.26 Å². The first kappa shape index (κ1) is 25.9. The number of aromatic nitrogens is 1. The first-order valence-corrected chi connectivity index (χ1v) is 12.3. The zero-order valence-corrected chi connectivity index (χ0v) is 20.5. The second kappa shape index (κ2) is 12.7. The van der Waals surface area contributed by atoms with Crippen LogP contribution in [0.2, 0.25) is 0 Å². The summed E-state index contributed by atoms with van der Waals surface area (Å²) in [7, 11) is 0. The summed E-state index contributed by atoms with van der Waals surface area (Å²) < 4.78 is 6.92. The predicted octanol–water partition coefficient (Wildman–Crippen LogP) is 1.61. The number of likely N-dealkylation sites (tertiary alicyclic amines) is 1. The Morgan fingerprint density at radius 1 is 1.23 bits per heavy atom. The van der Waals surface area contributed by atoms with Crippen molar-refractivity contribution in [2.75, 3.05) is 36.9 Å². The molecule has 1 aliphatic rings. The number of nitrogens with zero attached hydrogens (tertiary/aromatic N) is 3. The van der Waals surface area contributed by atoms with E-state index in [0.717, 1.165) is 31.0 Å². The number of nitriles is 1. The van der Waals surface area contributed by atoms with Crippen molar-refractivity contribution in [3.05, 3.63) is 56.5 Å². The van der Waals surface area contributed by atoms with Crippen molar-refractivity contribution in [2.45, 2.75) is 32.7 Å². The molecular weight excluding hydrogens is 466 g/mol. The number of amides is 1. The summed E-state index contributed by atoms with van der Waals surface area (Å²) in [5, 5.41) is 15.4.